The number of hydrogen-bond donors (Lipinski definition) is 2. The Morgan fingerprint density at radius 2 is 2.14 bits per heavy atom. The van der Waals surface area contributed by atoms with E-state index in [1.807, 2.05) is 13.8 Å². The average Bonchev–Trinajstić information content (AvgIpc) is 2.65. The monoisotopic (exact) mass is 197 g/mol. The smallest absolute Gasteiger partial charge is 0.223 e. The van der Waals surface area contributed by atoms with Crippen molar-refractivity contribution in [2.24, 2.45) is 16.6 Å². The predicted molar refractivity (Wildman–Crippen MR) is 56.9 cm³/mol. The van der Waals surface area contributed by atoms with Gasteiger partial charge in [0.1, 0.15) is 0 Å². The molecule has 0 spiro atoms. The van der Waals surface area contributed by atoms with Gasteiger partial charge in [-0.2, -0.15) is 0 Å². The van der Waals surface area contributed by atoms with E-state index in [2.05, 4.69) is 10.3 Å². The Balaban J connectivity index is 2.48. The van der Waals surface area contributed by atoms with Crippen LogP contribution < -0.4 is 11.1 Å². The van der Waals surface area contributed by atoms with Crippen LogP contribution in [-0.4, -0.2) is 17.4 Å². The topological polar surface area (TPSA) is 67.5 Å². The summed E-state index contributed by atoms with van der Waals surface area (Å²) in [5, 5.41) is 2.48. The number of rotatable bonds is 3. The molecule has 0 aliphatic heterocycles. The van der Waals surface area contributed by atoms with Crippen LogP contribution >= 0.6 is 0 Å². The number of nitrogens with zero attached hydrogens (tertiary/aromatic N) is 1. The Kier molecular flexibility index (Phi) is 3.13. The Bertz CT molecular complexity index is 254. The molecule has 80 valence electrons. The maximum absolute atomic E-state index is 10.7. The van der Waals surface area contributed by atoms with Gasteiger partial charge >= 0.3 is 0 Å². The van der Waals surface area contributed by atoms with Gasteiger partial charge in [0.2, 0.25) is 5.91 Å². The second kappa shape index (κ2) is 3.98. The van der Waals surface area contributed by atoms with Crippen molar-refractivity contribution in [3.05, 3.63) is 0 Å². The van der Waals surface area contributed by atoms with Crippen molar-refractivity contribution in [2.45, 2.75) is 45.6 Å². The molecule has 1 saturated carbocycles. The first-order valence-corrected chi connectivity index (χ1v) is 5.02. The van der Waals surface area contributed by atoms with Gasteiger partial charge in [-0.25, -0.2) is 4.99 Å². The normalized spacial score (nSPS) is 18.1. The molecule has 0 heterocycles. The molecule has 3 N–H and O–H groups in total. The molecule has 4 nitrogen and oxygen atoms in total. The maximum Gasteiger partial charge on any atom is 0.223 e. The molecule has 0 bridgehead atoms. The molecule has 0 saturated heterocycles. The Morgan fingerprint density at radius 1 is 1.57 bits per heavy atom. The van der Waals surface area contributed by atoms with Crippen molar-refractivity contribution < 1.29 is 4.79 Å². The van der Waals surface area contributed by atoms with E-state index >= 15 is 0 Å². The number of guanidine groups is 1. The highest BCUT2D eigenvalue weighted by atomic mass is 16.1. The average molecular weight is 197 g/mol. The number of carbonyl (C=O) groups excluding carboxylic acids is 1. The van der Waals surface area contributed by atoms with Crippen LogP contribution in [0.4, 0.5) is 0 Å². The minimum atomic E-state index is -0.173. The lowest BCUT2D eigenvalue weighted by molar-refractivity contribution is -0.117. The molecule has 1 fully saturated rings. The van der Waals surface area contributed by atoms with Crippen molar-refractivity contribution >= 4 is 11.9 Å². The third-order valence-electron chi connectivity index (χ3n) is 2.21. The van der Waals surface area contributed by atoms with Crippen molar-refractivity contribution in [3.8, 4) is 0 Å². The van der Waals surface area contributed by atoms with E-state index in [1.165, 1.54) is 19.8 Å². The lowest BCUT2D eigenvalue weighted by atomic mass is 9.98. The molecule has 1 rings (SSSR count). The standard InChI is InChI=1S/C10H19N3O/c1-7(14)12-9(11)13-10(2,3)6-8-4-5-8/h8H,4-6H2,1-3H3,(H3,11,12,13,14). The Labute approximate surface area is 85.0 Å². The second-order valence-corrected chi connectivity index (χ2v) is 4.64. The van der Waals surface area contributed by atoms with Gasteiger partial charge in [-0.3, -0.25) is 10.1 Å². The van der Waals surface area contributed by atoms with E-state index in [1.54, 1.807) is 0 Å². The predicted octanol–water partition coefficient (Wildman–Crippen LogP) is 1.02. The first kappa shape index (κ1) is 11.0. The highest BCUT2D eigenvalue weighted by Crippen LogP contribution is 2.37. The molecule has 0 unspecified atom stereocenters. The van der Waals surface area contributed by atoms with E-state index in [0.29, 0.717) is 0 Å². The Morgan fingerprint density at radius 3 is 2.57 bits per heavy atom. The van der Waals surface area contributed by atoms with E-state index in [4.69, 9.17) is 5.73 Å². The van der Waals surface area contributed by atoms with Gasteiger partial charge in [-0.1, -0.05) is 12.8 Å². The second-order valence-electron chi connectivity index (χ2n) is 4.64. The van der Waals surface area contributed by atoms with Gasteiger partial charge < -0.3 is 5.73 Å². The molecule has 1 amide bonds. The molecular formula is C10H19N3O. The van der Waals surface area contributed by atoms with Crippen LogP contribution in [0.2, 0.25) is 0 Å². The number of amides is 1. The van der Waals surface area contributed by atoms with E-state index in [-0.39, 0.29) is 17.4 Å². The van der Waals surface area contributed by atoms with Crippen molar-refractivity contribution in [1.82, 2.24) is 5.32 Å². The summed E-state index contributed by atoms with van der Waals surface area (Å²) in [4.78, 5) is 15.0. The fourth-order valence-electron chi connectivity index (χ4n) is 1.61. The highest BCUT2D eigenvalue weighted by molar-refractivity contribution is 5.95. The summed E-state index contributed by atoms with van der Waals surface area (Å²) >= 11 is 0. The van der Waals surface area contributed by atoms with Crippen LogP contribution in [0.5, 0.6) is 0 Å². The minimum absolute atomic E-state index is 0.159. The Hall–Kier alpha value is -1.06. The fraction of sp³-hybridized carbons (Fsp3) is 0.800. The first-order chi connectivity index (χ1) is 6.39. The summed E-state index contributed by atoms with van der Waals surface area (Å²) < 4.78 is 0. The van der Waals surface area contributed by atoms with Crippen LogP contribution in [0.15, 0.2) is 4.99 Å². The summed E-state index contributed by atoms with van der Waals surface area (Å²) in [5.41, 5.74) is 5.42. The number of carbonyl (C=O) groups is 1. The molecule has 0 radical (unpaired) electrons. The summed E-state index contributed by atoms with van der Waals surface area (Å²) in [5.74, 6) is 0.857. The van der Waals surface area contributed by atoms with E-state index < -0.39 is 0 Å². The fourth-order valence-corrected chi connectivity index (χ4v) is 1.61. The summed E-state index contributed by atoms with van der Waals surface area (Å²) in [6.07, 6.45) is 3.66. The first-order valence-electron chi connectivity index (χ1n) is 5.02. The molecular weight excluding hydrogens is 178 g/mol. The number of aliphatic imine (C=N–C) groups is 1. The summed E-state index contributed by atoms with van der Waals surface area (Å²) in [6, 6.07) is 0. The van der Waals surface area contributed by atoms with Gasteiger partial charge in [0.25, 0.3) is 0 Å². The summed E-state index contributed by atoms with van der Waals surface area (Å²) in [7, 11) is 0. The van der Waals surface area contributed by atoms with Gasteiger partial charge in [0.05, 0.1) is 5.54 Å². The lowest BCUT2D eigenvalue weighted by Crippen LogP contribution is -2.38. The van der Waals surface area contributed by atoms with Crippen LogP contribution in [0.1, 0.15) is 40.0 Å². The lowest BCUT2D eigenvalue weighted by Gasteiger charge is -2.20. The van der Waals surface area contributed by atoms with Gasteiger partial charge in [-0.05, 0) is 26.2 Å². The zero-order valence-corrected chi connectivity index (χ0v) is 9.13. The minimum Gasteiger partial charge on any atom is -0.370 e. The third kappa shape index (κ3) is 4.25. The summed E-state index contributed by atoms with van der Waals surface area (Å²) in [6.45, 7) is 5.51. The van der Waals surface area contributed by atoms with Crippen LogP contribution in [-0.2, 0) is 4.79 Å². The van der Waals surface area contributed by atoms with Crippen LogP contribution in [0.3, 0.4) is 0 Å². The molecule has 0 atom stereocenters. The van der Waals surface area contributed by atoms with Crippen molar-refractivity contribution in [3.63, 3.8) is 0 Å². The molecule has 0 aromatic heterocycles. The third-order valence-corrected chi connectivity index (χ3v) is 2.21. The number of hydrogen-bond acceptors (Lipinski definition) is 2. The van der Waals surface area contributed by atoms with Gasteiger partial charge in [-0.15, -0.1) is 0 Å². The largest absolute Gasteiger partial charge is 0.370 e. The molecule has 1 aliphatic carbocycles. The zero-order chi connectivity index (χ0) is 10.8. The van der Waals surface area contributed by atoms with Gasteiger partial charge in [0.15, 0.2) is 5.96 Å². The van der Waals surface area contributed by atoms with Crippen molar-refractivity contribution in [1.29, 1.82) is 0 Å². The molecule has 1 aliphatic rings. The van der Waals surface area contributed by atoms with Gasteiger partial charge in [0, 0.05) is 6.92 Å². The van der Waals surface area contributed by atoms with Crippen molar-refractivity contribution in [2.75, 3.05) is 0 Å². The van der Waals surface area contributed by atoms with E-state index in [0.717, 1.165) is 12.3 Å². The molecule has 4 heteroatoms. The quantitative estimate of drug-likeness (QED) is 0.524. The highest BCUT2D eigenvalue weighted by Gasteiger charge is 2.29. The number of nitrogens with one attached hydrogen (secondary N) is 1. The van der Waals surface area contributed by atoms with Crippen LogP contribution in [0, 0.1) is 5.92 Å². The molecule has 0 aromatic rings. The maximum atomic E-state index is 10.7. The molecule has 0 aromatic carbocycles. The molecule has 14 heavy (non-hydrogen) atoms. The van der Waals surface area contributed by atoms with Crippen LogP contribution in [0.25, 0.3) is 0 Å². The zero-order valence-electron chi connectivity index (χ0n) is 9.13. The SMILES string of the molecule is CC(=O)NC(N)=NC(C)(C)CC1CC1. The number of nitrogens with two attached hydrogens (primary N) is 1. The van der Waals surface area contributed by atoms with E-state index in [9.17, 15) is 4.79 Å².